The predicted molar refractivity (Wildman–Crippen MR) is 228 cm³/mol. The Kier molecular flexibility index (Phi) is 20.8. The van der Waals surface area contributed by atoms with Crippen molar-refractivity contribution in [3.63, 3.8) is 0 Å². The number of ether oxygens (including phenoxy) is 14. The molecule has 35 heteroatoms. The van der Waals surface area contributed by atoms with E-state index >= 15 is 0 Å². The molecular formula is C42H70O35. The van der Waals surface area contributed by atoms with Crippen LogP contribution in [0.1, 0.15) is 0 Å². The summed E-state index contributed by atoms with van der Waals surface area (Å²) in [6.07, 6.45) is -70.2. The van der Waals surface area contributed by atoms with Gasteiger partial charge in [-0.1, -0.05) is 0 Å². The van der Waals surface area contributed by atoms with Crippen molar-refractivity contribution in [2.75, 3.05) is 46.2 Å². The van der Waals surface area contributed by atoms with Crippen LogP contribution in [0.5, 0.6) is 0 Å². The molecule has 21 heterocycles. The third kappa shape index (κ3) is 12.1. The molecule has 0 saturated carbocycles. The Morgan fingerprint density at radius 1 is 0.156 bits per heavy atom. The van der Waals surface area contributed by atoms with E-state index in [9.17, 15) is 107 Å². The van der Waals surface area contributed by atoms with E-state index in [1.54, 1.807) is 0 Å². The van der Waals surface area contributed by atoms with Gasteiger partial charge in [-0.25, -0.2) is 0 Å². The molecule has 0 radical (unpaired) electrons. The largest absolute Gasteiger partial charge is 0.394 e. The fourth-order valence-corrected chi connectivity index (χ4v) is 10.4. The molecule has 21 saturated heterocycles. The topological polar surface area (TPSA) is 554 Å². The molecule has 21 aliphatic heterocycles. The van der Waals surface area contributed by atoms with Gasteiger partial charge in [0, 0.05) is 0 Å². The molecule has 0 spiro atoms. The van der Waals surface area contributed by atoms with Crippen molar-refractivity contribution in [2.45, 2.75) is 215 Å². The minimum absolute atomic E-state index is 1.05. The summed E-state index contributed by atoms with van der Waals surface area (Å²) < 4.78 is 79.5. The third-order valence-electron chi connectivity index (χ3n) is 14.8. The first-order valence-corrected chi connectivity index (χ1v) is 24.6. The summed E-state index contributed by atoms with van der Waals surface area (Å²) in [4.78, 5) is 0. The lowest BCUT2D eigenvalue weighted by Gasteiger charge is -2.50. The van der Waals surface area contributed by atoms with E-state index in [1.165, 1.54) is 0 Å². The Bertz CT molecular complexity index is 1470. The zero-order valence-electron chi connectivity index (χ0n) is 40.3. The van der Waals surface area contributed by atoms with Gasteiger partial charge in [0.2, 0.25) is 0 Å². The van der Waals surface area contributed by atoms with Gasteiger partial charge < -0.3 is 174 Å². The van der Waals surface area contributed by atoms with Gasteiger partial charge in [-0.3, -0.25) is 0 Å². The highest BCUT2D eigenvalue weighted by Crippen LogP contribution is 2.39. The predicted octanol–water partition coefficient (Wildman–Crippen LogP) is -15.2. The monoisotopic (exact) mass is 1130 g/mol. The van der Waals surface area contributed by atoms with Crippen LogP contribution in [0.25, 0.3) is 0 Å². The minimum atomic E-state index is -2.21. The van der Waals surface area contributed by atoms with E-state index in [4.69, 9.17) is 66.3 Å². The maximum atomic E-state index is 11.3. The van der Waals surface area contributed by atoms with E-state index < -0.39 is 261 Å². The van der Waals surface area contributed by atoms with Gasteiger partial charge in [0.1, 0.15) is 171 Å². The summed E-state index contributed by atoms with van der Waals surface area (Å²) >= 11 is 0. The summed E-state index contributed by atoms with van der Waals surface area (Å²) in [6, 6.07) is 0. The molecule has 21 fully saturated rings. The van der Waals surface area contributed by atoms with Crippen LogP contribution in [0, 0.1) is 0 Å². The van der Waals surface area contributed by atoms with Crippen molar-refractivity contribution in [1.82, 2.24) is 0 Å². The molecule has 21 aliphatic rings. The Morgan fingerprint density at radius 3 is 0.351 bits per heavy atom. The van der Waals surface area contributed by atoms with Crippen molar-refractivity contribution in [3.8, 4) is 0 Å². The molecule has 35 nitrogen and oxygen atoms in total. The molecule has 0 amide bonds. The normalized spacial score (nSPS) is 55.4. The lowest BCUT2D eigenvalue weighted by atomic mass is 9.95. The second-order valence-corrected chi connectivity index (χ2v) is 19.7. The van der Waals surface area contributed by atoms with Crippen LogP contribution < -0.4 is 0 Å². The Hall–Kier alpha value is -1.40. The highest BCUT2D eigenvalue weighted by Gasteiger charge is 2.59. The lowest BCUT2D eigenvalue weighted by Crippen LogP contribution is -2.68. The van der Waals surface area contributed by atoms with E-state index in [1.807, 2.05) is 0 Å². The summed E-state index contributed by atoms with van der Waals surface area (Å²) in [5.74, 6) is 0. The molecular weight excluding hydrogens is 1060 g/mol. The second kappa shape index (κ2) is 26.0. The van der Waals surface area contributed by atoms with E-state index in [-0.39, 0.29) is 0 Å². The van der Waals surface area contributed by atoms with Crippen LogP contribution in [-0.2, 0) is 66.3 Å². The van der Waals surface area contributed by atoms with Crippen LogP contribution >= 0.6 is 0 Å². The van der Waals surface area contributed by atoms with Gasteiger partial charge in [-0.05, 0) is 0 Å². The van der Waals surface area contributed by atoms with Gasteiger partial charge in [0.25, 0.3) is 0 Å². The van der Waals surface area contributed by atoms with Crippen molar-refractivity contribution < 1.29 is 174 Å². The molecule has 21 rings (SSSR count). The molecule has 35 atom stereocenters. The highest BCUT2D eigenvalue weighted by molar-refractivity contribution is 5.01. The van der Waals surface area contributed by atoms with Gasteiger partial charge in [0.05, 0.1) is 46.2 Å². The minimum Gasteiger partial charge on any atom is -0.394 e. The smallest absolute Gasteiger partial charge is 0.187 e. The first-order valence-electron chi connectivity index (χ1n) is 24.6. The van der Waals surface area contributed by atoms with E-state index in [0.29, 0.717) is 0 Å². The first kappa shape index (κ1) is 61.7. The average molecular weight is 1130 g/mol. The summed E-state index contributed by atoms with van der Waals surface area (Å²) in [5.41, 5.74) is 0. The molecule has 0 aromatic rings. The molecule has 21 N–H and O–H groups in total. The SMILES string of the molecule is OC[C@H]1O[C@@H]2O[C@H]3[C@@H](O)[C@H](O)[C@@H](O[C@H]4[C@@H](O)[C@H](O)[C@@H](O[C@H]5[C@@H](O)[C@H](O)[C@@H](O[C@H]6[C@@H](O)[C@H](O)[C@@H](O[C@H]7[C@@H](O)[C@H](O)[C@@H](O[C@H]8[C@@H](O)[C@H](O)[C@@H](O[C@H]1[C@@H](O)[C@@H]2O)O[C@@H]8CO)O[C@@H]7CO)O[C@@H]6CO)O[C@@H]5CO)O[C@@H]4CO)O[C@@H]3CO. The fourth-order valence-electron chi connectivity index (χ4n) is 10.4. The zero-order chi connectivity index (χ0) is 56.1. The third-order valence-corrected chi connectivity index (χ3v) is 14.8. The molecule has 0 aromatic heterocycles. The average Bonchev–Trinajstić information content (AvgIpc) is 3.45. The summed E-state index contributed by atoms with van der Waals surface area (Å²) in [7, 11) is 0. The van der Waals surface area contributed by atoms with Crippen LogP contribution in [0.2, 0.25) is 0 Å². The maximum absolute atomic E-state index is 11.3. The van der Waals surface area contributed by atoms with Gasteiger partial charge in [-0.15, -0.1) is 0 Å². The number of hydrogen-bond donors (Lipinski definition) is 21. The van der Waals surface area contributed by atoms with Crippen LogP contribution in [0.3, 0.4) is 0 Å². The highest BCUT2D eigenvalue weighted by atomic mass is 16.8. The van der Waals surface area contributed by atoms with Gasteiger partial charge in [-0.2, -0.15) is 0 Å². The quantitative estimate of drug-likeness (QED) is 0.113. The van der Waals surface area contributed by atoms with Gasteiger partial charge in [0.15, 0.2) is 44.0 Å². The van der Waals surface area contributed by atoms with Crippen LogP contribution in [0.4, 0.5) is 0 Å². The van der Waals surface area contributed by atoms with E-state index in [0.717, 1.165) is 0 Å². The standard InChI is InChI=1S/C42H70O35/c43-1-8-29-15(50)22(57)36(64-8)72-30-9(2-44)66-38(24(59)17(30)52)74-32-11(4-46)68-40(26(61)19(32)54)76-34-13(6-48)70-42(28(63)21(34)56)77-35-14(7-49)69-41(27(62)20(35)55)75-33-12(5-47)67-39(25(60)18(33)53)73-31-10(3-45)65-37(71-29)23(58)16(31)51/h8-63H,1-7H2/t8-,9-,10-,11-,12-,13-,14-,15+,16+,17+,18+,19+,20+,21+,22+,23+,24+,25+,26+,27+,28+,29-,30-,31-,32-,33-,34-,35-,36-,37-,38-,39-,40-,41-,42-/m1/s1. The number of hydrogen-bond acceptors (Lipinski definition) is 35. The zero-order valence-corrected chi connectivity index (χ0v) is 40.3. The van der Waals surface area contributed by atoms with Crippen molar-refractivity contribution >= 4 is 0 Å². The Labute approximate surface area is 434 Å². The van der Waals surface area contributed by atoms with Crippen molar-refractivity contribution in [1.29, 1.82) is 0 Å². The van der Waals surface area contributed by atoms with Crippen molar-refractivity contribution in [3.05, 3.63) is 0 Å². The molecule has 77 heavy (non-hydrogen) atoms. The molecule has 0 unspecified atom stereocenters. The van der Waals surface area contributed by atoms with Crippen LogP contribution in [-0.4, -0.2) is 368 Å². The fraction of sp³-hybridized carbons (Fsp3) is 1.00. The summed E-state index contributed by atoms with van der Waals surface area (Å²) in [5, 5.41) is 230. The lowest BCUT2D eigenvalue weighted by molar-refractivity contribution is -0.396. The van der Waals surface area contributed by atoms with Crippen LogP contribution in [0.15, 0.2) is 0 Å². The summed E-state index contributed by atoms with van der Waals surface area (Å²) in [6.45, 7) is -7.33. The Balaban J connectivity index is 1.08. The molecule has 0 aliphatic carbocycles. The van der Waals surface area contributed by atoms with Crippen molar-refractivity contribution in [2.24, 2.45) is 0 Å². The maximum Gasteiger partial charge on any atom is 0.187 e. The number of rotatable bonds is 7. The Morgan fingerprint density at radius 2 is 0.260 bits per heavy atom. The number of aliphatic hydroxyl groups is 21. The molecule has 14 bridgehead atoms. The van der Waals surface area contributed by atoms with E-state index in [2.05, 4.69) is 0 Å². The first-order chi connectivity index (χ1) is 36.7. The second-order valence-electron chi connectivity index (χ2n) is 19.7. The molecule has 0 aromatic carbocycles. The van der Waals surface area contributed by atoms with Gasteiger partial charge >= 0.3 is 0 Å². The number of aliphatic hydroxyl groups excluding tert-OH is 21. The molecule has 448 valence electrons.